The summed E-state index contributed by atoms with van der Waals surface area (Å²) in [7, 11) is 0. The van der Waals surface area contributed by atoms with Crippen molar-refractivity contribution in [3.8, 4) is 0 Å². The summed E-state index contributed by atoms with van der Waals surface area (Å²) >= 11 is 6.08. The van der Waals surface area contributed by atoms with Crippen molar-refractivity contribution in [2.75, 3.05) is 0 Å². The van der Waals surface area contributed by atoms with Gasteiger partial charge in [0.05, 0.1) is 0 Å². The van der Waals surface area contributed by atoms with Crippen molar-refractivity contribution in [1.29, 1.82) is 0 Å². The van der Waals surface area contributed by atoms with Crippen LogP contribution in [0, 0.1) is 0 Å². The zero-order valence-electron chi connectivity index (χ0n) is 6.28. The van der Waals surface area contributed by atoms with Gasteiger partial charge in [0.1, 0.15) is 0 Å². The number of hydrogen-bond acceptors (Lipinski definition) is 1. The maximum absolute atomic E-state index is 12.3. The lowest BCUT2D eigenvalue weighted by Gasteiger charge is -2.05. The van der Waals surface area contributed by atoms with Crippen molar-refractivity contribution >= 4 is 31.9 Å². The van der Waals surface area contributed by atoms with Crippen LogP contribution < -0.4 is 5.56 Å². The van der Waals surface area contributed by atoms with E-state index in [4.69, 9.17) is 0 Å². The van der Waals surface area contributed by atoms with E-state index in [1.165, 1.54) is 0 Å². The summed E-state index contributed by atoms with van der Waals surface area (Å²) in [4.78, 5) is 13.3. The molecule has 6 heteroatoms. The number of aromatic nitrogens is 1. The van der Waals surface area contributed by atoms with Gasteiger partial charge in [0.2, 0.25) is 5.56 Å². The fraction of sp³-hybridized carbons (Fsp3) is 0.286. The molecule has 0 aliphatic heterocycles. The lowest BCUT2D eigenvalue weighted by Crippen LogP contribution is -2.10. The predicted octanol–water partition coefficient (Wildman–Crippen LogP) is 2.97. The summed E-state index contributed by atoms with van der Waals surface area (Å²) in [6, 6.07) is 0.890. The van der Waals surface area contributed by atoms with Crippen LogP contribution in [0.3, 0.4) is 0 Å². The molecule has 0 bridgehead atoms. The molecular weight excluding hydrogens is 312 g/mol. The van der Waals surface area contributed by atoms with Gasteiger partial charge in [-0.05, 0) is 15.9 Å². The van der Waals surface area contributed by atoms with Crippen molar-refractivity contribution in [1.82, 2.24) is 4.98 Å². The molecule has 0 amide bonds. The molecule has 1 rings (SSSR count). The van der Waals surface area contributed by atoms with Gasteiger partial charge in [-0.15, -0.1) is 0 Å². The number of aromatic amines is 1. The second-order valence-electron chi connectivity index (χ2n) is 2.32. The Bertz CT molecular complexity index is 364. The lowest BCUT2D eigenvalue weighted by atomic mass is 10.2. The molecule has 13 heavy (non-hydrogen) atoms. The molecular formula is C7H5Br2F2NO. The Morgan fingerprint density at radius 1 is 1.54 bits per heavy atom. The van der Waals surface area contributed by atoms with Crippen LogP contribution in [-0.2, 0) is 5.33 Å². The van der Waals surface area contributed by atoms with Crippen LogP contribution >= 0.6 is 31.9 Å². The van der Waals surface area contributed by atoms with Crippen LogP contribution in [0.15, 0.2) is 15.3 Å². The topological polar surface area (TPSA) is 32.9 Å². The van der Waals surface area contributed by atoms with E-state index < -0.39 is 12.0 Å². The van der Waals surface area contributed by atoms with Gasteiger partial charge in [0.25, 0.3) is 6.43 Å². The number of H-pyrrole nitrogens is 1. The number of nitrogens with one attached hydrogen (secondary N) is 1. The first kappa shape index (κ1) is 10.8. The van der Waals surface area contributed by atoms with Crippen LogP contribution in [0.4, 0.5) is 8.78 Å². The van der Waals surface area contributed by atoms with Gasteiger partial charge in [-0.3, -0.25) is 4.79 Å². The molecule has 0 saturated heterocycles. The average molecular weight is 317 g/mol. The molecule has 1 heterocycles. The second kappa shape index (κ2) is 4.32. The SMILES string of the molecule is O=c1cc(C(F)F)c(Br)c(CBr)[nH]1. The highest BCUT2D eigenvalue weighted by molar-refractivity contribution is 9.10. The molecule has 0 spiro atoms. The standard InChI is InChI=1S/C7H5Br2F2NO/c8-2-4-6(9)3(7(10)11)1-5(13)12-4/h1,7H,2H2,(H,12,13). The molecule has 0 atom stereocenters. The first-order chi connectivity index (χ1) is 6.06. The normalized spacial score (nSPS) is 10.8. The maximum atomic E-state index is 12.3. The third-order valence-corrected chi connectivity index (χ3v) is 2.94. The van der Waals surface area contributed by atoms with Crippen molar-refractivity contribution in [2.45, 2.75) is 11.8 Å². The van der Waals surface area contributed by atoms with Gasteiger partial charge >= 0.3 is 0 Å². The van der Waals surface area contributed by atoms with E-state index in [0.717, 1.165) is 6.07 Å². The predicted molar refractivity (Wildman–Crippen MR) is 52.4 cm³/mol. The molecule has 0 unspecified atom stereocenters. The summed E-state index contributed by atoms with van der Waals surface area (Å²) in [6.45, 7) is 0. The molecule has 2 nitrogen and oxygen atoms in total. The van der Waals surface area contributed by atoms with Crippen LogP contribution in [0.1, 0.15) is 17.7 Å². The van der Waals surface area contributed by atoms with Crippen molar-refractivity contribution in [2.24, 2.45) is 0 Å². The van der Waals surface area contributed by atoms with E-state index in [1.807, 2.05) is 0 Å². The zero-order chi connectivity index (χ0) is 10.0. The highest BCUT2D eigenvalue weighted by atomic mass is 79.9. The quantitative estimate of drug-likeness (QED) is 0.836. The fourth-order valence-electron chi connectivity index (χ4n) is 0.869. The van der Waals surface area contributed by atoms with Crippen LogP contribution in [0.5, 0.6) is 0 Å². The number of alkyl halides is 3. The van der Waals surface area contributed by atoms with Gasteiger partial charge in [-0.25, -0.2) is 8.78 Å². The van der Waals surface area contributed by atoms with E-state index in [0.29, 0.717) is 11.0 Å². The number of rotatable bonds is 2. The average Bonchev–Trinajstić information content (AvgIpc) is 2.08. The third-order valence-electron chi connectivity index (χ3n) is 1.45. The van der Waals surface area contributed by atoms with E-state index in [1.54, 1.807) is 0 Å². The Labute approximate surface area is 89.6 Å². The zero-order valence-corrected chi connectivity index (χ0v) is 9.45. The van der Waals surface area contributed by atoms with Crippen LogP contribution in [0.25, 0.3) is 0 Å². The Hall–Kier alpha value is -0.230. The van der Waals surface area contributed by atoms with Gasteiger partial charge in [-0.2, -0.15) is 0 Å². The Morgan fingerprint density at radius 2 is 2.15 bits per heavy atom. The Kier molecular flexibility index (Phi) is 3.61. The van der Waals surface area contributed by atoms with Crippen LogP contribution in [-0.4, -0.2) is 4.98 Å². The molecule has 72 valence electrons. The molecule has 1 aromatic heterocycles. The van der Waals surface area contributed by atoms with E-state index in [-0.39, 0.29) is 10.0 Å². The highest BCUT2D eigenvalue weighted by Crippen LogP contribution is 2.28. The smallest absolute Gasteiger partial charge is 0.265 e. The van der Waals surface area contributed by atoms with Crippen molar-refractivity contribution < 1.29 is 8.78 Å². The van der Waals surface area contributed by atoms with Crippen molar-refractivity contribution in [3.05, 3.63) is 32.2 Å². The molecule has 0 radical (unpaired) electrons. The van der Waals surface area contributed by atoms with Gasteiger partial charge in [0.15, 0.2) is 0 Å². The minimum Gasteiger partial charge on any atom is -0.324 e. The highest BCUT2D eigenvalue weighted by Gasteiger charge is 2.15. The third kappa shape index (κ3) is 2.37. The number of halogens is 4. The largest absolute Gasteiger partial charge is 0.324 e. The summed E-state index contributed by atoms with van der Waals surface area (Å²) in [5.74, 6) is 0. The second-order valence-corrected chi connectivity index (χ2v) is 3.67. The molecule has 0 aliphatic rings. The summed E-state index contributed by atoms with van der Waals surface area (Å²) in [5, 5.41) is 0.323. The van der Waals surface area contributed by atoms with Crippen LogP contribution in [0.2, 0.25) is 0 Å². The maximum Gasteiger partial charge on any atom is 0.265 e. The van der Waals surface area contributed by atoms with Crippen molar-refractivity contribution in [3.63, 3.8) is 0 Å². The first-order valence-corrected chi connectivity index (χ1v) is 5.23. The summed E-state index contributed by atoms with van der Waals surface area (Å²) < 4.78 is 24.9. The Morgan fingerprint density at radius 3 is 2.62 bits per heavy atom. The van der Waals surface area contributed by atoms with E-state index in [2.05, 4.69) is 36.8 Å². The van der Waals surface area contributed by atoms with E-state index in [9.17, 15) is 13.6 Å². The molecule has 1 N–H and O–H groups in total. The minimum absolute atomic E-state index is 0.249. The minimum atomic E-state index is -2.64. The molecule has 1 aromatic rings. The molecule has 0 fully saturated rings. The Balaban J connectivity index is 3.36. The fourth-order valence-corrected chi connectivity index (χ4v) is 2.19. The monoisotopic (exact) mass is 315 g/mol. The number of hydrogen-bond donors (Lipinski definition) is 1. The molecule has 0 aliphatic carbocycles. The van der Waals surface area contributed by atoms with Gasteiger partial charge in [-0.1, -0.05) is 15.9 Å². The number of pyridine rings is 1. The summed E-state index contributed by atoms with van der Waals surface area (Å²) in [6.07, 6.45) is -2.64. The molecule has 0 saturated carbocycles. The molecule has 0 aromatic carbocycles. The summed E-state index contributed by atoms with van der Waals surface area (Å²) in [5.41, 5.74) is -0.381. The lowest BCUT2D eigenvalue weighted by molar-refractivity contribution is 0.150. The first-order valence-electron chi connectivity index (χ1n) is 3.32. The van der Waals surface area contributed by atoms with Gasteiger partial charge < -0.3 is 4.98 Å². The van der Waals surface area contributed by atoms with Gasteiger partial charge in [0, 0.05) is 27.1 Å². The van der Waals surface area contributed by atoms with E-state index >= 15 is 0 Å².